The van der Waals surface area contributed by atoms with Crippen LogP contribution in [0.25, 0.3) is 0 Å². The molecule has 4 fully saturated rings. The summed E-state index contributed by atoms with van der Waals surface area (Å²) in [7, 11) is 1.78. The van der Waals surface area contributed by atoms with Crippen LogP contribution in [0.2, 0.25) is 0 Å². The monoisotopic (exact) mass is 332 g/mol. The first-order chi connectivity index (χ1) is 11.4. The third kappa shape index (κ3) is 2.10. The van der Waals surface area contributed by atoms with E-state index in [1.54, 1.807) is 7.05 Å². The summed E-state index contributed by atoms with van der Waals surface area (Å²) in [5.41, 5.74) is 0.450. The van der Waals surface area contributed by atoms with E-state index >= 15 is 0 Å². The Labute approximate surface area is 145 Å². The molecule has 1 aliphatic heterocycles. The van der Waals surface area contributed by atoms with Gasteiger partial charge in [-0.2, -0.15) is 0 Å². The number of carbonyl (C=O) groups excluding carboxylic acids is 2. The lowest BCUT2D eigenvalue weighted by Crippen LogP contribution is -2.61. The fraction of sp³-hybridized carbons (Fsp3) is 0.900. The van der Waals surface area contributed by atoms with Crippen LogP contribution in [0.15, 0.2) is 0 Å². The van der Waals surface area contributed by atoms with Crippen LogP contribution in [0.1, 0.15) is 65.2 Å². The molecular formula is C20H32N2O2. The molecule has 4 rings (SSSR count). The number of piperidine rings is 1. The van der Waals surface area contributed by atoms with Crippen LogP contribution < -0.4 is 10.6 Å². The van der Waals surface area contributed by atoms with Gasteiger partial charge in [-0.05, 0) is 73.5 Å². The SMILES string of the molecule is CNC(=O)[C@H]1CC[C@H]2[C@@H]3CC[C@H]4NC(=O)CC[C@]4(C)[C@H]3CC[C@]12C. The van der Waals surface area contributed by atoms with Gasteiger partial charge in [-0.25, -0.2) is 0 Å². The highest BCUT2D eigenvalue weighted by Gasteiger charge is 2.61. The summed E-state index contributed by atoms with van der Waals surface area (Å²) in [5, 5.41) is 6.20. The Hall–Kier alpha value is -1.06. The van der Waals surface area contributed by atoms with E-state index in [1.165, 1.54) is 25.7 Å². The second-order valence-electron chi connectivity index (χ2n) is 9.37. The Bertz CT molecular complexity index is 562. The largest absolute Gasteiger partial charge is 0.359 e. The summed E-state index contributed by atoms with van der Waals surface area (Å²) >= 11 is 0. The average Bonchev–Trinajstić information content (AvgIpc) is 2.92. The summed E-state index contributed by atoms with van der Waals surface area (Å²) < 4.78 is 0. The second-order valence-corrected chi connectivity index (χ2v) is 9.37. The van der Waals surface area contributed by atoms with Gasteiger partial charge in [-0.3, -0.25) is 9.59 Å². The van der Waals surface area contributed by atoms with Crippen molar-refractivity contribution in [3.8, 4) is 0 Å². The molecule has 0 unspecified atom stereocenters. The van der Waals surface area contributed by atoms with Gasteiger partial charge >= 0.3 is 0 Å². The molecule has 2 N–H and O–H groups in total. The van der Waals surface area contributed by atoms with Crippen LogP contribution in [0, 0.1) is 34.5 Å². The molecule has 4 nitrogen and oxygen atoms in total. The van der Waals surface area contributed by atoms with Gasteiger partial charge in [0.05, 0.1) is 0 Å². The first kappa shape index (κ1) is 16.4. The van der Waals surface area contributed by atoms with Crippen LogP contribution in [0.5, 0.6) is 0 Å². The van der Waals surface area contributed by atoms with E-state index in [0.717, 1.165) is 31.1 Å². The number of nitrogens with one attached hydrogen (secondary N) is 2. The van der Waals surface area contributed by atoms with Crippen LogP contribution >= 0.6 is 0 Å². The zero-order valence-electron chi connectivity index (χ0n) is 15.4. The van der Waals surface area contributed by atoms with Crippen molar-refractivity contribution in [1.29, 1.82) is 0 Å². The summed E-state index contributed by atoms with van der Waals surface area (Å²) in [6, 6.07) is 0.375. The van der Waals surface area contributed by atoms with Gasteiger partial charge in [-0.1, -0.05) is 13.8 Å². The third-order valence-corrected chi connectivity index (χ3v) is 8.66. The molecule has 1 heterocycles. The summed E-state index contributed by atoms with van der Waals surface area (Å²) in [4.78, 5) is 24.3. The maximum atomic E-state index is 12.4. The van der Waals surface area contributed by atoms with Crippen molar-refractivity contribution in [3.63, 3.8) is 0 Å². The Balaban J connectivity index is 1.61. The zero-order chi connectivity index (χ0) is 17.1. The van der Waals surface area contributed by atoms with E-state index in [2.05, 4.69) is 24.5 Å². The highest BCUT2D eigenvalue weighted by Crippen LogP contribution is 2.65. The lowest BCUT2D eigenvalue weighted by atomic mass is 9.47. The summed E-state index contributed by atoms with van der Waals surface area (Å²) in [6.07, 6.45) is 8.77. The predicted octanol–water partition coefficient (Wildman–Crippen LogP) is 2.87. The quantitative estimate of drug-likeness (QED) is 0.776. The molecule has 1 saturated heterocycles. The van der Waals surface area contributed by atoms with Crippen molar-refractivity contribution in [1.82, 2.24) is 10.6 Å². The van der Waals surface area contributed by atoms with Crippen molar-refractivity contribution in [2.24, 2.45) is 34.5 Å². The molecule has 4 aliphatic rings. The topological polar surface area (TPSA) is 58.2 Å². The van der Waals surface area contributed by atoms with Crippen LogP contribution in [0.3, 0.4) is 0 Å². The lowest BCUT2D eigenvalue weighted by molar-refractivity contribution is -0.141. The number of rotatable bonds is 1. The Kier molecular flexibility index (Phi) is 3.74. The molecule has 4 heteroatoms. The van der Waals surface area contributed by atoms with E-state index in [1.807, 2.05) is 0 Å². The molecule has 0 radical (unpaired) electrons. The van der Waals surface area contributed by atoms with Gasteiger partial charge in [0.1, 0.15) is 0 Å². The molecule has 24 heavy (non-hydrogen) atoms. The van der Waals surface area contributed by atoms with Gasteiger partial charge in [-0.15, -0.1) is 0 Å². The minimum Gasteiger partial charge on any atom is -0.359 e. The van der Waals surface area contributed by atoms with Crippen molar-refractivity contribution >= 4 is 11.8 Å². The molecule has 2 amide bonds. The molecule has 0 aromatic heterocycles. The Morgan fingerprint density at radius 3 is 2.54 bits per heavy atom. The minimum absolute atomic E-state index is 0.183. The van der Waals surface area contributed by atoms with Crippen molar-refractivity contribution < 1.29 is 9.59 Å². The first-order valence-electron chi connectivity index (χ1n) is 9.91. The zero-order valence-corrected chi connectivity index (χ0v) is 15.4. The number of amides is 2. The van der Waals surface area contributed by atoms with Gasteiger partial charge in [0.15, 0.2) is 0 Å². The molecule has 3 saturated carbocycles. The van der Waals surface area contributed by atoms with E-state index in [4.69, 9.17) is 0 Å². The molecular weight excluding hydrogens is 300 g/mol. The summed E-state index contributed by atoms with van der Waals surface area (Å²) in [6.45, 7) is 4.82. The molecule has 0 aromatic rings. The van der Waals surface area contributed by atoms with E-state index in [-0.39, 0.29) is 28.6 Å². The molecule has 134 valence electrons. The highest BCUT2D eigenvalue weighted by atomic mass is 16.2. The van der Waals surface area contributed by atoms with Crippen molar-refractivity contribution in [2.45, 2.75) is 71.3 Å². The van der Waals surface area contributed by atoms with Gasteiger partial charge in [0, 0.05) is 25.4 Å². The molecule has 0 bridgehead atoms. The van der Waals surface area contributed by atoms with E-state index in [9.17, 15) is 9.59 Å². The van der Waals surface area contributed by atoms with Gasteiger partial charge < -0.3 is 10.6 Å². The second kappa shape index (κ2) is 5.47. The Morgan fingerprint density at radius 2 is 1.79 bits per heavy atom. The molecule has 0 spiro atoms. The molecule has 3 aliphatic carbocycles. The number of fused-ring (bicyclic) bond motifs is 5. The summed E-state index contributed by atoms with van der Waals surface area (Å²) in [5.74, 6) is 2.85. The van der Waals surface area contributed by atoms with Crippen molar-refractivity contribution in [3.05, 3.63) is 0 Å². The fourth-order valence-corrected chi connectivity index (χ4v) is 7.31. The predicted molar refractivity (Wildman–Crippen MR) is 93.1 cm³/mol. The average molecular weight is 332 g/mol. The van der Waals surface area contributed by atoms with E-state index in [0.29, 0.717) is 18.4 Å². The van der Waals surface area contributed by atoms with Crippen LogP contribution in [-0.2, 0) is 9.59 Å². The smallest absolute Gasteiger partial charge is 0.223 e. The number of carbonyl (C=O) groups is 2. The highest BCUT2D eigenvalue weighted by molar-refractivity contribution is 5.79. The van der Waals surface area contributed by atoms with E-state index < -0.39 is 0 Å². The normalized spacial score (nSPS) is 50.3. The molecule has 0 aromatic carbocycles. The fourth-order valence-electron chi connectivity index (χ4n) is 7.31. The van der Waals surface area contributed by atoms with Crippen LogP contribution in [-0.4, -0.2) is 24.9 Å². The Morgan fingerprint density at radius 1 is 1.04 bits per heavy atom. The lowest BCUT2D eigenvalue weighted by Gasteiger charge is -2.60. The maximum Gasteiger partial charge on any atom is 0.223 e. The van der Waals surface area contributed by atoms with Crippen LogP contribution in [0.4, 0.5) is 0 Å². The maximum absolute atomic E-state index is 12.4. The first-order valence-corrected chi connectivity index (χ1v) is 9.91. The van der Waals surface area contributed by atoms with Gasteiger partial charge in [0.2, 0.25) is 11.8 Å². The number of hydrogen-bond acceptors (Lipinski definition) is 2. The third-order valence-electron chi connectivity index (χ3n) is 8.66. The van der Waals surface area contributed by atoms with Crippen molar-refractivity contribution in [2.75, 3.05) is 7.05 Å². The minimum atomic E-state index is 0.183. The molecule has 7 atom stereocenters. The standard InChI is InChI=1S/C20H32N2O2/c1-19-10-8-14-12(13(19)5-6-15(19)18(24)21-3)4-7-16-20(14,2)11-9-17(23)22-16/h12-16H,4-11H2,1-3H3,(H,21,24)(H,22,23)/t12-,13-,14-,15+,16+,19-,20+/m0/s1. The van der Waals surface area contributed by atoms with Gasteiger partial charge in [0.25, 0.3) is 0 Å². The number of hydrogen-bond donors (Lipinski definition) is 2.